The molecule has 122 valence electrons. The fraction of sp³-hybridized carbons (Fsp3) is 0. The molecule has 0 N–H and O–H groups in total. The van der Waals surface area contributed by atoms with Crippen LogP contribution >= 0.6 is 86.4 Å². The Kier molecular flexibility index (Phi) is 6.74. The second-order valence-electron chi connectivity index (χ2n) is 4.89. The average molecular weight is 610 g/mol. The van der Waals surface area contributed by atoms with Gasteiger partial charge < -0.3 is 0 Å². The van der Waals surface area contributed by atoms with Crippen molar-refractivity contribution in [1.82, 2.24) is 0 Å². The first-order valence-electron chi connectivity index (χ1n) is 6.87. The van der Waals surface area contributed by atoms with Gasteiger partial charge in [0, 0.05) is 11.1 Å². The average Bonchev–Trinajstić information content (AvgIpc) is 3.04. The van der Waals surface area contributed by atoms with Gasteiger partial charge in [0.25, 0.3) is 0 Å². The molecule has 0 nitrogen and oxygen atoms in total. The Balaban J connectivity index is 1.71. The lowest BCUT2D eigenvalue weighted by Crippen LogP contribution is -1.75. The second kappa shape index (κ2) is 8.60. The summed E-state index contributed by atoms with van der Waals surface area (Å²) in [7, 11) is 0. The van der Waals surface area contributed by atoms with Crippen molar-refractivity contribution in [3.05, 3.63) is 73.8 Å². The molecule has 0 saturated carbocycles. The zero-order chi connectivity index (χ0) is 17.1. The first-order chi connectivity index (χ1) is 11.5. The van der Waals surface area contributed by atoms with E-state index >= 15 is 0 Å². The largest absolute Gasteiger partial charge is 0.121 e. The van der Waals surface area contributed by atoms with Gasteiger partial charge in [-0.3, -0.25) is 0 Å². The quantitative estimate of drug-likeness (QED) is 0.277. The van der Waals surface area contributed by atoms with E-state index < -0.39 is 0 Å². The van der Waals surface area contributed by atoms with E-state index in [2.05, 4.69) is 124 Å². The number of hydrogen-bond acceptors (Lipinski definition) is 2. The van der Waals surface area contributed by atoms with Gasteiger partial charge in [0.15, 0.2) is 0 Å². The predicted molar refractivity (Wildman–Crippen MR) is 124 cm³/mol. The maximum absolute atomic E-state index is 3.57. The summed E-state index contributed by atoms with van der Waals surface area (Å²) >= 11 is 17.5. The number of rotatable bonds is 4. The van der Waals surface area contributed by atoms with Crippen molar-refractivity contribution in [3.63, 3.8) is 0 Å². The Morgan fingerprint density at radius 2 is 0.958 bits per heavy atom. The maximum atomic E-state index is 3.57. The number of hydrogen-bond donors (Lipinski definition) is 0. The van der Waals surface area contributed by atoms with Crippen molar-refractivity contribution in [2.45, 2.75) is 0 Å². The van der Waals surface area contributed by atoms with Crippen LogP contribution in [0.15, 0.2) is 51.5 Å². The van der Waals surface area contributed by atoms with Gasteiger partial charge in [-0.2, -0.15) is 0 Å². The molecule has 0 atom stereocenters. The summed E-state index contributed by atoms with van der Waals surface area (Å²) in [5, 5.41) is 0. The molecule has 24 heavy (non-hydrogen) atoms. The Morgan fingerprint density at radius 1 is 0.583 bits per heavy atom. The van der Waals surface area contributed by atoms with Crippen LogP contribution in [0, 0.1) is 0 Å². The fourth-order valence-corrected chi connectivity index (χ4v) is 7.53. The van der Waals surface area contributed by atoms with Gasteiger partial charge >= 0.3 is 0 Å². The van der Waals surface area contributed by atoms with Gasteiger partial charge in [-0.05, 0) is 87.0 Å². The molecule has 0 aliphatic carbocycles. The smallest absolute Gasteiger partial charge is 0.0782 e. The van der Waals surface area contributed by atoms with E-state index in [1.54, 1.807) is 22.7 Å². The van der Waals surface area contributed by atoms with Crippen LogP contribution in [-0.2, 0) is 0 Å². The number of benzene rings is 1. The van der Waals surface area contributed by atoms with Crippen molar-refractivity contribution >= 4 is 111 Å². The molecule has 0 bridgehead atoms. The first-order valence-corrected chi connectivity index (χ1v) is 11.7. The van der Waals surface area contributed by atoms with Crippen molar-refractivity contribution in [2.75, 3.05) is 0 Å². The van der Waals surface area contributed by atoms with Crippen molar-refractivity contribution < 1.29 is 0 Å². The summed E-state index contributed by atoms with van der Waals surface area (Å²) in [6.07, 6.45) is 8.49. The first kappa shape index (κ1) is 18.8. The Labute approximate surface area is 182 Å². The van der Waals surface area contributed by atoms with Crippen LogP contribution in [0.1, 0.15) is 22.3 Å². The summed E-state index contributed by atoms with van der Waals surface area (Å²) in [4.78, 5) is 0. The third-order valence-corrected chi connectivity index (χ3v) is 7.98. The summed E-state index contributed by atoms with van der Waals surface area (Å²) in [5.74, 6) is 0. The molecule has 0 radical (unpaired) electrons. The van der Waals surface area contributed by atoms with Crippen LogP contribution in [-0.4, -0.2) is 0 Å². The van der Waals surface area contributed by atoms with Gasteiger partial charge in [0.2, 0.25) is 0 Å². The lowest BCUT2D eigenvalue weighted by molar-refractivity contribution is 1.62. The zero-order valence-corrected chi connectivity index (χ0v) is 20.1. The van der Waals surface area contributed by atoms with Crippen LogP contribution in [0.2, 0.25) is 0 Å². The van der Waals surface area contributed by atoms with E-state index in [1.807, 2.05) is 0 Å². The second-order valence-corrected chi connectivity index (χ2v) is 12.4. The molecule has 0 aliphatic rings. The standard InChI is InChI=1S/C18H10Br4S2/c19-15-9-13(17(21)23-15)7-5-11-1-2-12(4-3-11)6-8-14-10-16(20)24-18(14)22/h1-10H/b7-5+,8-6+. The molecule has 1 aromatic carbocycles. The highest BCUT2D eigenvalue weighted by atomic mass is 79.9. The summed E-state index contributed by atoms with van der Waals surface area (Å²) in [6.45, 7) is 0. The highest BCUT2D eigenvalue weighted by molar-refractivity contribution is 9.12. The van der Waals surface area contributed by atoms with Crippen LogP contribution in [0.25, 0.3) is 24.3 Å². The normalized spacial score (nSPS) is 11.8. The van der Waals surface area contributed by atoms with Gasteiger partial charge in [-0.15, -0.1) is 22.7 Å². The molecule has 6 heteroatoms. The lowest BCUT2D eigenvalue weighted by atomic mass is 10.1. The minimum atomic E-state index is 1.13. The molecule has 0 amide bonds. The molecular weight excluding hydrogens is 600 g/mol. The molecule has 0 aliphatic heterocycles. The van der Waals surface area contributed by atoms with Crippen molar-refractivity contribution in [1.29, 1.82) is 0 Å². The van der Waals surface area contributed by atoms with E-state index in [4.69, 9.17) is 0 Å². The van der Waals surface area contributed by atoms with Crippen molar-refractivity contribution in [3.8, 4) is 0 Å². The van der Waals surface area contributed by atoms with Crippen LogP contribution in [0.3, 0.4) is 0 Å². The molecular formula is C18H10Br4S2. The van der Waals surface area contributed by atoms with E-state index in [-0.39, 0.29) is 0 Å². The Hall–Kier alpha value is 0.0200. The van der Waals surface area contributed by atoms with Crippen LogP contribution in [0.4, 0.5) is 0 Å². The van der Waals surface area contributed by atoms with E-state index in [0.717, 1.165) is 15.1 Å². The van der Waals surface area contributed by atoms with E-state index in [1.165, 1.54) is 22.3 Å². The molecule has 0 fully saturated rings. The molecule has 0 spiro atoms. The predicted octanol–water partition coefficient (Wildman–Crippen LogP) is 9.20. The summed E-state index contributed by atoms with van der Waals surface area (Å²) in [5.41, 5.74) is 4.73. The molecule has 2 heterocycles. The van der Waals surface area contributed by atoms with Gasteiger partial charge in [-0.25, -0.2) is 0 Å². The zero-order valence-electron chi connectivity index (χ0n) is 12.1. The summed E-state index contributed by atoms with van der Waals surface area (Å²) < 4.78 is 4.52. The molecule has 0 unspecified atom stereocenters. The number of halogens is 4. The van der Waals surface area contributed by atoms with Crippen molar-refractivity contribution in [2.24, 2.45) is 0 Å². The van der Waals surface area contributed by atoms with E-state index in [9.17, 15) is 0 Å². The molecule has 3 rings (SSSR count). The van der Waals surface area contributed by atoms with Gasteiger partial charge in [0.05, 0.1) is 15.1 Å². The molecule has 2 aromatic heterocycles. The third kappa shape index (κ3) is 5.02. The molecule has 0 saturated heterocycles. The van der Waals surface area contributed by atoms with Gasteiger partial charge in [0.1, 0.15) is 0 Å². The fourth-order valence-electron chi connectivity index (χ4n) is 2.02. The third-order valence-electron chi connectivity index (χ3n) is 3.21. The highest BCUT2D eigenvalue weighted by Gasteiger charge is 2.02. The van der Waals surface area contributed by atoms with E-state index in [0.29, 0.717) is 0 Å². The molecule has 3 aromatic rings. The SMILES string of the molecule is Brc1cc(/C=C/c2ccc(/C=C/c3cc(Br)sc3Br)cc2)c(Br)s1. The topological polar surface area (TPSA) is 0 Å². The van der Waals surface area contributed by atoms with Crippen LogP contribution < -0.4 is 0 Å². The van der Waals surface area contributed by atoms with Gasteiger partial charge in [-0.1, -0.05) is 48.6 Å². The Bertz CT molecular complexity index is 826. The minimum absolute atomic E-state index is 1.13. The van der Waals surface area contributed by atoms with Crippen LogP contribution in [0.5, 0.6) is 0 Å². The summed E-state index contributed by atoms with van der Waals surface area (Å²) in [6, 6.07) is 12.7. The Morgan fingerprint density at radius 3 is 1.25 bits per heavy atom. The number of thiophene rings is 2. The lowest BCUT2D eigenvalue weighted by Gasteiger charge is -1.96. The monoisotopic (exact) mass is 606 g/mol. The maximum Gasteiger partial charge on any atom is 0.0782 e. The minimum Gasteiger partial charge on any atom is -0.121 e. The highest BCUT2D eigenvalue weighted by Crippen LogP contribution is 2.34.